The van der Waals surface area contributed by atoms with E-state index in [1.54, 1.807) is 38.6 Å². The number of carbonyl (C=O) groups excluding carboxylic acids is 1. The van der Waals surface area contributed by atoms with Gasteiger partial charge in [-0.15, -0.1) is 11.8 Å². The summed E-state index contributed by atoms with van der Waals surface area (Å²) in [6, 6.07) is 7.08. The smallest absolute Gasteiger partial charge is 0.258 e. The largest absolute Gasteiger partial charge is 0.493 e. The molecule has 6 heteroatoms. The zero-order valence-corrected chi connectivity index (χ0v) is 13.8. The third-order valence-electron chi connectivity index (χ3n) is 3.19. The highest BCUT2D eigenvalue weighted by atomic mass is 32.2. The van der Waals surface area contributed by atoms with Gasteiger partial charge in [-0.05, 0) is 36.9 Å². The second-order valence-electron chi connectivity index (χ2n) is 4.54. The molecule has 2 rings (SSSR count). The maximum Gasteiger partial charge on any atom is 0.258 e. The van der Waals surface area contributed by atoms with E-state index in [1.807, 2.05) is 19.2 Å². The van der Waals surface area contributed by atoms with Crippen LogP contribution in [0.3, 0.4) is 0 Å². The minimum Gasteiger partial charge on any atom is -0.493 e. The molecule has 1 aromatic heterocycles. The van der Waals surface area contributed by atoms with Crippen molar-refractivity contribution in [1.82, 2.24) is 4.98 Å². The zero-order valence-electron chi connectivity index (χ0n) is 13.0. The summed E-state index contributed by atoms with van der Waals surface area (Å²) in [5, 5.41) is 3.59. The van der Waals surface area contributed by atoms with Gasteiger partial charge in [0.05, 0.1) is 19.8 Å². The molecule has 0 bridgehead atoms. The van der Waals surface area contributed by atoms with Crippen LogP contribution in [0.4, 0.5) is 5.69 Å². The standard InChI is InChI=1S/C16H18N2O3S/c1-10-8-13(20-2)14(21-3)9-12(10)18-15(19)11-6-5-7-17-16(11)22-4/h5-9H,1-4H3,(H,18,19). The van der Waals surface area contributed by atoms with Crippen molar-refractivity contribution < 1.29 is 14.3 Å². The highest BCUT2D eigenvalue weighted by molar-refractivity contribution is 7.98. The molecule has 0 radical (unpaired) electrons. The second kappa shape index (κ2) is 7.17. The average molecular weight is 318 g/mol. The summed E-state index contributed by atoms with van der Waals surface area (Å²) in [4.78, 5) is 16.7. The van der Waals surface area contributed by atoms with E-state index in [0.717, 1.165) is 5.56 Å². The lowest BCUT2D eigenvalue weighted by Crippen LogP contribution is -2.14. The third kappa shape index (κ3) is 3.33. The molecule has 0 aliphatic heterocycles. The zero-order chi connectivity index (χ0) is 16.1. The number of methoxy groups -OCH3 is 2. The van der Waals surface area contributed by atoms with Gasteiger partial charge in [-0.1, -0.05) is 0 Å². The Bertz CT molecular complexity index is 689. The van der Waals surface area contributed by atoms with Crippen LogP contribution in [-0.4, -0.2) is 31.4 Å². The highest BCUT2D eigenvalue weighted by Gasteiger charge is 2.15. The van der Waals surface area contributed by atoms with E-state index in [-0.39, 0.29) is 5.91 Å². The normalized spacial score (nSPS) is 10.2. The predicted octanol–water partition coefficient (Wildman–Crippen LogP) is 3.38. The van der Waals surface area contributed by atoms with E-state index in [1.165, 1.54) is 11.8 Å². The van der Waals surface area contributed by atoms with Gasteiger partial charge in [0.1, 0.15) is 5.03 Å². The van der Waals surface area contributed by atoms with Gasteiger partial charge in [0.15, 0.2) is 11.5 Å². The summed E-state index contributed by atoms with van der Waals surface area (Å²) in [5.74, 6) is 0.997. The molecule has 0 spiro atoms. The van der Waals surface area contributed by atoms with Crippen molar-refractivity contribution in [1.29, 1.82) is 0 Å². The number of rotatable bonds is 5. The first kappa shape index (κ1) is 16.2. The van der Waals surface area contributed by atoms with Crippen LogP contribution in [0.15, 0.2) is 35.5 Å². The molecule has 0 unspecified atom stereocenters. The number of aromatic nitrogens is 1. The summed E-state index contributed by atoms with van der Waals surface area (Å²) < 4.78 is 10.5. The Balaban J connectivity index is 2.32. The highest BCUT2D eigenvalue weighted by Crippen LogP contribution is 2.33. The number of aryl methyl sites for hydroxylation is 1. The topological polar surface area (TPSA) is 60.5 Å². The van der Waals surface area contributed by atoms with Crippen molar-refractivity contribution >= 4 is 23.4 Å². The minimum atomic E-state index is -0.201. The fourth-order valence-corrected chi connectivity index (χ4v) is 2.58. The van der Waals surface area contributed by atoms with E-state index < -0.39 is 0 Å². The van der Waals surface area contributed by atoms with E-state index in [9.17, 15) is 4.79 Å². The fourth-order valence-electron chi connectivity index (χ4n) is 2.03. The van der Waals surface area contributed by atoms with Crippen molar-refractivity contribution in [2.45, 2.75) is 11.9 Å². The molecule has 0 saturated heterocycles. The number of ether oxygens (including phenoxy) is 2. The van der Waals surface area contributed by atoms with E-state index in [4.69, 9.17) is 9.47 Å². The monoisotopic (exact) mass is 318 g/mol. The van der Waals surface area contributed by atoms with E-state index >= 15 is 0 Å². The number of nitrogens with one attached hydrogen (secondary N) is 1. The molecule has 1 N–H and O–H groups in total. The van der Waals surface area contributed by atoms with Crippen molar-refractivity contribution in [3.05, 3.63) is 41.6 Å². The summed E-state index contributed by atoms with van der Waals surface area (Å²) in [6.07, 6.45) is 3.56. The van der Waals surface area contributed by atoms with Crippen LogP contribution < -0.4 is 14.8 Å². The van der Waals surface area contributed by atoms with Crippen LogP contribution in [-0.2, 0) is 0 Å². The lowest BCUT2D eigenvalue weighted by atomic mass is 10.1. The first-order valence-electron chi connectivity index (χ1n) is 6.63. The Hall–Kier alpha value is -2.21. The van der Waals surface area contributed by atoms with Gasteiger partial charge in [-0.25, -0.2) is 4.98 Å². The molecule has 22 heavy (non-hydrogen) atoms. The number of amides is 1. The number of hydrogen-bond donors (Lipinski definition) is 1. The van der Waals surface area contributed by atoms with Gasteiger partial charge in [-0.2, -0.15) is 0 Å². The third-order valence-corrected chi connectivity index (χ3v) is 3.90. The maximum absolute atomic E-state index is 12.5. The van der Waals surface area contributed by atoms with Crippen molar-refractivity contribution in [2.75, 3.05) is 25.8 Å². The Labute approximate surface area is 134 Å². The van der Waals surface area contributed by atoms with Crippen LogP contribution in [0.2, 0.25) is 0 Å². The van der Waals surface area contributed by atoms with Gasteiger partial charge in [-0.3, -0.25) is 4.79 Å². The van der Waals surface area contributed by atoms with Crippen molar-refractivity contribution in [3.63, 3.8) is 0 Å². The molecular formula is C16H18N2O3S. The molecule has 0 saturated carbocycles. The first-order chi connectivity index (χ1) is 10.6. The van der Waals surface area contributed by atoms with Crippen LogP contribution in [0.1, 0.15) is 15.9 Å². The molecule has 1 aromatic carbocycles. The van der Waals surface area contributed by atoms with Gasteiger partial charge in [0.25, 0.3) is 5.91 Å². The lowest BCUT2D eigenvalue weighted by Gasteiger charge is -2.14. The van der Waals surface area contributed by atoms with Crippen LogP contribution in [0.5, 0.6) is 11.5 Å². The number of hydrogen-bond acceptors (Lipinski definition) is 5. The van der Waals surface area contributed by atoms with Gasteiger partial charge in [0, 0.05) is 18.0 Å². The number of anilines is 1. The SMILES string of the molecule is COc1cc(C)c(NC(=O)c2cccnc2SC)cc1OC. The summed E-state index contributed by atoms with van der Waals surface area (Å²) in [6.45, 7) is 1.90. The fraction of sp³-hybridized carbons (Fsp3) is 0.250. The number of pyridine rings is 1. The Morgan fingerprint density at radius 3 is 2.55 bits per heavy atom. The van der Waals surface area contributed by atoms with Gasteiger partial charge < -0.3 is 14.8 Å². The molecule has 0 fully saturated rings. The average Bonchev–Trinajstić information content (AvgIpc) is 2.56. The molecule has 5 nitrogen and oxygen atoms in total. The number of thioether (sulfide) groups is 1. The molecular weight excluding hydrogens is 300 g/mol. The summed E-state index contributed by atoms with van der Waals surface area (Å²) >= 11 is 1.44. The maximum atomic E-state index is 12.5. The van der Waals surface area contributed by atoms with Crippen LogP contribution >= 0.6 is 11.8 Å². The lowest BCUT2D eigenvalue weighted by molar-refractivity contribution is 0.102. The minimum absolute atomic E-state index is 0.201. The first-order valence-corrected chi connectivity index (χ1v) is 7.86. The summed E-state index contributed by atoms with van der Waals surface area (Å²) in [5.41, 5.74) is 2.11. The van der Waals surface area contributed by atoms with Crippen molar-refractivity contribution in [2.24, 2.45) is 0 Å². The van der Waals surface area contributed by atoms with Crippen LogP contribution in [0.25, 0.3) is 0 Å². The molecule has 116 valence electrons. The Morgan fingerprint density at radius 2 is 1.91 bits per heavy atom. The quantitative estimate of drug-likeness (QED) is 0.856. The molecule has 0 aliphatic rings. The second-order valence-corrected chi connectivity index (χ2v) is 5.33. The van der Waals surface area contributed by atoms with Crippen molar-refractivity contribution in [3.8, 4) is 11.5 Å². The Morgan fingerprint density at radius 1 is 1.23 bits per heavy atom. The molecule has 2 aromatic rings. The number of benzene rings is 1. The Kier molecular flexibility index (Phi) is 5.27. The molecule has 1 amide bonds. The van der Waals surface area contributed by atoms with E-state index in [2.05, 4.69) is 10.3 Å². The predicted molar refractivity (Wildman–Crippen MR) is 88.3 cm³/mol. The van der Waals surface area contributed by atoms with Gasteiger partial charge >= 0.3 is 0 Å². The van der Waals surface area contributed by atoms with Gasteiger partial charge in [0.2, 0.25) is 0 Å². The number of nitrogens with zero attached hydrogens (tertiary/aromatic N) is 1. The molecule has 1 heterocycles. The van der Waals surface area contributed by atoms with Crippen LogP contribution in [0, 0.1) is 6.92 Å². The van der Waals surface area contributed by atoms with E-state index in [0.29, 0.717) is 27.8 Å². The molecule has 0 aliphatic carbocycles. The molecule has 0 atom stereocenters. The number of carbonyl (C=O) groups is 1. The summed E-state index contributed by atoms with van der Waals surface area (Å²) in [7, 11) is 3.14.